The maximum Gasteiger partial charge on any atom is 0.495 e. The number of nitrogens with two attached hydrogens (primary N) is 1. The Balaban J connectivity index is 0.000000220. The quantitative estimate of drug-likeness (QED) is 0.0321. The molecule has 2 fully saturated rings. The normalized spacial score (nSPS) is 17.1. The predicted molar refractivity (Wildman–Crippen MR) is 290 cm³/mol. The summed E-state index contributed by atoms with van der Waals surface area (Å²) in [5.74, 6) is 1.45. The van der Waals surface area contributed by atoms with Crippen LogP contribution in [-0.4, -0.2) is 104 Å². The van der Waals surface area contributed by atoms with E-state index in [4.69, 9.17) is 15.8 Å². The van der Waals surface area contributed by atoms with Gasteiger partial charge in [0, 0.05) is 76.6 Å². The van der Waals surface area contributed by atoms with Crippen molar-refractivity contribution < 1.29 is 19.9 Å². The number of benzene rings is 4. The van der Waals surface area contributed by atoms with Gasteiger partial charge in [0.1, 0.15) is 0 Å². The van der Waals surface area contributed by atoms with Gasteiger partial charge in [0.25, 0.3) is 11.4 Å². The second-order valence-corrected chi connectivity index (χ2v) is 19.3. The van der Waals surface area contributed by atoms with Gasteiger partial charge < -0.3 is 15.8 Å². The first kappa shape index (κ1) is 57.1. The molecule has 19 heteroatoms. The van der Waals surface area contributed by atoms with Crippen molar-refractivity contribution in [2.75, 3.05) is 64.5 Å². The Morgan fingerprint density at radius 3 is 1.52 bits per heavy atom. The Morgan fingerprint density at radius 1 is 0.606 bits per heavy atom. The average molecular weight is 998 g/mol. The number of nitro benzene ring substituents is 2. The number of piperidine rings is 2. The van der Waals surface area contributed by atoms with Gasteiger partial charge in [-0.15, -0.1) is 11.6 Å². The fourth-order valence-electron chi connectivity index (χ4n) is 7.84. The first-order valence-electron chi connectivity index (χ1n) is 22.1. The van der Waals surface area contributed by atoms with Crippen molar-refractivity contribution in [3.63, 3.8) is 0 Å². The second-order valence-electron chi connectivity index (χ2n) is 16.3. The Morgan fingerprint density at radius 2 is 1.06 bits per heavy atom. The Labute approximate surface area is 407 Å². The minimum atomic E-state index is -1.80. The van der Waals surface area contributed by atoms with E-state index in [0.29, 0.717) is 5.92 Å². The number of nitrogen functional groups attached to an aromatic ring is 1. The summed E-state index contributed by atoms with van der Waals surface area (Å²) in [6, 6.07) is 29.5. The number of para-hydroxylation sites is 3. The first-order chi connectivity index (χ1) is 31.6. The van der Waals surface area contributed by atoms with Gasteiger partial charge in [-0.3, -0.25) is 38.9 Å². The van der Waals surface area contributed by atoms with Crippen molar-refractivity contribution in [2.45, 2.75) is 64.2 Å². The molecular weight excluding hydrogens is 929 g/mol. The summed E-state index contributed by atoms with van der Waals surface area (Å²) in [5, 5.41) is 38.6. The highest BCUT2D eigenvalue weighted by Gasteiger charge is 2.23. The molecule has 4 aromatic carbocycles. The van der Waals surface area contributed by atoms with Crippen molar-refractivity contribution in [3.05, 3.63) is 157 Å². The van der Waals surface area contributed by atoms with Gasteiger partial charge >= 0.3 is 7.12 Å². The fraction of sp³-hybridized carbons (Fsp3) is 0.404. The molecule has 13 nitrogen and oxygen atoms in total. The average Bonchev–Trinajstić information content (AvgIpc) is 3.33. The van der Waals surface area contributed by atoms with Gasteiger partial charge in [0.05, 0.1) is 20.9 Å². The number of nitro groups is 2. The molecule has 0 spiro atoms. The third kappa shape index (κ3) is 19.8. The number of nitrogens with zero attached hydrogens (tertiary/aromatic N) is 6. The van der Waals surface area contributed by atoms with Crippen LogP contribution in [0.3, 0.4) is 0 Å². The Hall–Kier alpha value is -3.21. The largest absolute Gasteiger partial charge is 0.495 e. The molecule has 0 aliphatic carbocycles. The highest BCUT2D eigenvalue weighted by atomic mass is 35.5. The van der Waals surface area contributed by atoms with Gasteiger partial charge in [-0.25, -0.2) is 0 Å². The lowest BCUT2D eigenvalue weighted by atomic mass is 9.79. The lowest BCUT2D eigenvalue weighted by molar-refractivity contribution is -0.385. The van der Waals surface area contributed by atoms with Crippen LogP contribution >= 0.6 is 49.2 Å². The van der Waals surface area contributed by atoms with Gasteiger partial charge in [-0.2, -0.15) is 0 Å². The number of hydrogen-bond donors (Lipinski definition) is 3. The molecule has 8 rings (SSSR count). The van der Waals surface area contributed by atoms with Crippen LogP contribution in [0.25, 0.3) is 5.57 Å². The minimum absolute atomic E-state index is 0.0949. The molecule has 0 saturated carbocycles. The van der Waals surface area contributed by atoms with Crippen molar-refractivity contribution in [1.29, 1.82) is 0 Å². The van der Waals surface area contributed by atoms with Crippen LogP contribution in [0.5, 0.6) is 0 Å². The molecule has 0 radical (unpaired) electrons. The number of rotatable bonds is 6. The van der Waals surface area contributed by atoms with E-state index in [1.54, 1.807) is 17.7 Å². The monoisotopic (exact) mass is 997 g/mol. The number of alkyl halides is 1. The molecule has 0 bridgehead atoms. The molecule has 4 aliphatic heterocycles. The first-order valence-corrected chi connectivity index (χ1v) is 24.9. The molecule has 358 valence electrons. The summed E-state index contributed by atoms with van der Waals surface area (Å²) in [7, 11) is 9.13. The zero-order valence-corrected chi connectivity index (χ0v) is 43.9. The Bertz CT molecular complexity index is 2100. The molecule has 4 unspecified atom stereocenters. The summed E-state index contributed by atoms with van der Waals surface area (Å²) in [6.45, 7) is 13.2. The van der Waals surface area contributed by atoms with Crippen molar-refractivity contribution in [1.82, 2.24) is 18.7 Å². The second kappa shape index (κ2) is 31.0. The molecule has 4 aromatic rings. The van der Waals surface area contributed by atoms with Gasteiger partial charge in [0.15, 0.2) is 0 Å². The van der Waals surface area contributed by atoms with Crippen LogP contribution in [0.15, 0.2) is 115 Å². The van der Waals surface area contributed by atoms with Crippen LogP contribution in [0.4, 0.5) is 17.1 Å². The Kier molecular flexibility index (Phi) is 26.9. The van der Waals surface area contributed by atoms with Crippen LogP contribution in [0, 0.1) is 27.2 Å². The molecule has 0 amide bonds. The topological polar surface area (TPSA) is 166 Å². The molecule has 2 saturated heterocycles. The van der Waals surface area contributed by atoms with Gasteiger partial charge in [0.2, 0.25) is 0 Å². The third-order valence-electron chi connectivity index (χ3n) is 11.7. The summed E-state index contributed by atoms with van der Waals surface area (Å²) >= 11 is 4.64. The summed E-state index contributed by atoms with van der Waals surface area (Å²) < 4.78 is 9.00. The maximum atomic E-state index is 10.9. The molecule has 66 heavy (non-hydrogen) atoms. The highest BCUT2D eigenvalue weighted by Crippen LogP contribution is 2.33. The van der Waals surface area contributed by atoms with Crippen molar-refractivity contribution in [3.8, 4) is 0 Å². The number of hydrogen-bond acceptors (Lipinski definition) is 11. The highest BCUT2D eigenvalue weighted by molar-refractivity contribution is 7.13. The number of halogens is 1. The van der Waals surface area contributed by atoms with Crippen molar-refractivity contribution in [2.24, 2.45) is 0 Å². The third-order valence-corrected chi connectivity index (χ3v) is 13.7. The molecule has 0 aromatic heterocycles. The minimum Gasteiger partial charge on any atom is -0.423 e. The van der Waals surface area contributed by atoms with E-state index in [1.165, 1.54) is 99.1 Å². The van der Waals surface area contributed by atoms with E-state index in [9.17, 15) is 20.2 Å². The van der Waals surface area contributed by atoms with E-state index in [2.05, 4.69) is 130 Å². The lowest BCUT2D eigenvalue weighted by Crippen LogP contribution is -2.31. The summed E-state index contributed by atoms with van der Waals surface area (Å²) in [6.07, 6.45) is 12.9. The molecule has 4 heterocycles. The number of aryl methyl sites for hydroxylation is 1. The standard InChI is InChI=1S/C12H18NP.C11H13N2O2P.C11H17N2P.C6H6BNO4.C6H12NP.CH3Cl/c1-10-4-2-3-5-12(10)11-6-8-13(14)9-7-11;14-13(15)11-4-2-1-3-10(11)9-5-7-12(16)8-6-9;12-11-4-2-1-3-10(11)9-5-7-13(14)8-6-9;9-7(10)5-3-1-2-4-6(5)8(11)12;1-6-2-4-7(8)5-3-6;1-2/h2-5,11H,6-9,14H2,1H3;1-5H,6-8,16H2;1-4,9H,5-8,12,14H2;1-4,9-10H;2H,3-5,8H2,1H3;1H3. The lowest BCUT2D eigenvalue weighted by Gasteiger charge is -2.29. The van der Waals surface area contributed by atoms with Gasteiger partial charge in [-0.05, 0) is 98.6 Å². The van der Waals surface area contributed by atoms with Crippen molar-refractivity contribution >= 4 is 84.4 Å². The van der Waals surface area contributed by atoms with Crippen LogP contribution in [-0.2, 0) is 0 Å². The molecule has 4 aliphatic rings. The molecule has 4 N–H and O–H groups in total. The van der Waals surface area contributed by atoms with E-state index < -0.39 is 12.0 Å². The van der Waals surface area contributed by atoms with E-state index in [0.717, 1.165) is 61.9 Å². The molecule has 4 atom stereocenters. The predicted octanol–water partition coefficient (Wildman–Crippen LogP) is 9.23. The van der Waals surface area contributed by atoms with E-state index in [-0.39, 0.29) is 21.8 Å². The zero-order chi connectivity index (χ0) is 48.6. The van der Waals surface area contributed by atoms with Crippen LogP contribution in [0.1, 0.15) is 79.5 Å². The smallest absolute Gasteiger partial charge is 0.423 e. The van der Waals surface area contributed by atoms with Gasteiger partial charge in [-0.1, -0.05) is 128 Å². The zero-order valence-electron chi connectivity index (χ0n) is 38.5. The van der Waals surface area contributed by atoms with Crippen LogP contribution in [0.2, 0.25) is 0 Å². The maximum absolute atomic E-state index is 10.9. The molecular formula is C47H69BClN7O6P4. The van der Waals surface area contributed by atoms with E-state index in [1.807, 2.05) is 24.3 Å². The summed E-state index contributed by atoms with van der Waals surface area (Å²) in [4.78, 5) is 20.2. The SMILES string of the molecule is CC1=CCN(P)CC1.CCl.Cc1ccccc1C1CCN(P)CC1.Nc1ccccc1C1CCN(P)CC1.O=[N+]([O-])c1ccccc1B(O)O.O=[N+]([O-])c1ccccc1C1=CCN(P)CC1. The summed E-state index contributed by atoms with van der Waals surface area (Å²) in [5.41, 5.74) is 14.5. The number of anilines is 1. The fourth-order valence-corrected chi connectivity index (χ4v) is 8.91. The van der Waals surface area contributed by atoms with Crippen LogP contribution < -0.4 is 11.2 Å². The van der Waals surface area contributed by atoms with E-state index >= 15 is 0 Å².